The third-order valence-electron chi connectivity index (χ3n) is 2.72. The number of rotatable bonds is 4. The minimum absolute atomic E-state index is 0.109. The summed E-state index contributed by atoms with van der Waals surface area (Å²) in [6, 6.07) is 11.2. The van der Waals surface area contributed by atoms with Crippen LogP contribution in [0.15, 0.2) is 42.5 Å². The summed E-state index contributed by atoms with van der Waals surface area (Å²) in [5, 5.41) is 3.28. The summed E-state index contributed by atoms with van der Waals surface area (Å²) < 4.78 is 4.91. The number of esters is 1. The highest BCUT2D eigenvalue weighted by Gasteiger charge is 2.14. The number of benzene rings is 2. The monoisotopic (exact) mass is 338 g/mol. The van der Waals surface area contributed by atoms with Crippen LogP contribution in [-0.2, 0) is 9.53 Å². The van der Waals surface area contributed by atoms with Crippen molar-refractivity contribution in [2.75, 3.05) is 17.7 Å². The molecule has 0 heterocycles. The van der Waals surface area contributed by atoms with Crippen LogP contribution < -0.4 is 11.1 Å². The Hall–Kier alpha value is -2.24. The van der Waals surface area contributed by atoms with Crippen molar-refractivity contribution in [3.05, 3.63) is 58.1 Å². The van der Waals surface area contributed by atoms with Crippen LogP contribution in [0.3, 0.4) is 0 Å². The molecule has 0 aromatic heterocycles. The summed E-state index contributed by atoms with van der Waals surface area (Å²) in [6.45, 7) is -0.462. The predicted octanol–water partition coefficient (Wildman–Crippen LogP) is 3.37. The Morgan fingerprint density at radius 3 is 2.59 bits per heavy atom. The number of nitrogens with one attached hydrogen (secondary N) is 1. The Morgan fingerprint density at radius 1 is 1.14 bits per heavy atom. The zero-order valence-electron chi connectivity index (χ0n) is 11.3. The summed E-state index contributed by atoms with van der Waals surface area (Å²) >= 11 is 11.7. The van der Waals surface area contributed by atoms with E-state index < -0.39 is 18.5 Å². The number of carbonyl (C=O) groups excluding carboxylic acids is 2. The van der Waals surface area contributed by atoms with Crippen molar-refractivity contribution in [1.29, 1.82) is 0 Å². The van der Waals surface area contributed by atoms with E-state index in [-0.39, 0.29) is 11.3 Å². The number of amides is 1. The minimum atomic E-state index is -0.727. The van der Waals surface area contributed by atoms with Crippen LogP contribution in [0.5, 0.6) is 0 Å². The predicted molar refractivity (Wildman–Crippen MR) is 86.2 cm³/mol. The van der Waals surface area contributed by atoms with Gasteiger partial charge in [0.25, 0.3) is 5.91 Å². The van der Waals surface area contributed by atoms with E-state index in [9.17, 15) is 9.59 Å². The molecular formula is C15H12Cl2N2O3. The average Bonchev–Trinajstić information content (AvgIpc) is 2.49. The molecule has 2 aromatic carbocycles. The maximum Gasteiger partial charge on any atom is 0.340 e. The molecule has 0 fully saturated rings. The van der Waals surface area contributed by atoms with E-state index in [1.54, 1.807) is 30.3 Å². The van der Waals surface area contributed by atoms with Gasteiger partial charge in [-0.3, -0.25) is 4.79 Å². The van der Waals surface area contributed by atoms with E-state index in [0.29, 0.717) is 15.7 Å². The van der Waals surface area contributed by atoms with Crippen LogP contribution in [-0.4, -0.2) is 18.5 Å². The van der Waals surface area contributed by atoms with Crippen LogP contribution in [0.2, 0.25) is 10.0 Å². The first-order valence-electron chi connectivity index (χ1n) is 6.24. The molecule has 5 nitrogen and oxygen atoms in total. The summed E-state index contributed by atoms with van der Waals surface area (Å²) in [4.78, 5) is 23.6. The van der Waals surface area contributed by atoms with E-state index in [1.807, 2.05) is 0 Å². The number of para-hydroxylation sites is 1. The van der Waals surface area contributed by atoms with Gasteiger partial charge in [-0.15, -0.1) is 0 Å². The third-order valence-corrected chi connectivity index (χ3v) is 3.28. The van der Waals surface area contributed by atoms with Gasteiger partial charge in [0.15, 0.2) is 6.61 Å². The molecule has 0 radical (unpaired) electrons. The fraction of sp³-hybridized carbons (Fsp3) is 0.0667. The first kappa shape index (κ1) is 16.1. The Kier molecular flexibility index (Phi) is 5.25. The van der Waals surface area contributed by atoms with Crippen LogP contribution in [0.4, 0.5) is 11.4 Å². The molecule has 0 spiro atoms. The van der Waals surface area contributed by atoms with Crippen molar-refractivity contribution in [3.63, 3.8) is 0 Å². The fourth-order valence-corrected chi connectivity index (χ4v) is 2.02. The molecule has 0 aliphatic carbocycles. The molecule has 2 aromatic rings. The lowest BCUT2D eigenvalue weighted by Crippen LogP contribution is -2.21. The van der Waals surface area contributed by atoms with Crippen LogP contribution in [0.1, 0.15) is 10.4 Å². The minimum Gasteiger partial charge on any atom is -0.452 e. The second-order valence-electron chi connectivity index (χ2n) is 4.34. The zero-order chi connectivity index (χ0) is 16.1. The van der Waals surface area contributed by atoms with Crippen LogP contribution >= 0.6 is 23.2 Å². The second kappa shape index (κ2) is 7.15. The molecule has 114 valence electrons. The number of ether oxygens (including phenoxy) is 1. The van der Waals surface area contributed by atoms with Gasteiger partial charge < -0.3 is 15.8 Å². The smallest absolute Gasteiger partial charge is 0.340 e. The average molecular weight is 339 g/mol. The lowest BCUT2D eigenvalue weighted by Gasteiger charge is -2.09. The van der Waals surface area contributed by atoms with Crippen molar-refractivity contribution in [1.82, 2.24) is 0 Å². The lowest BCUT2D eigenvalue weighted by atomic mass is 10.2. The summed E-state index contributed by atoms with van der Waals surface area (Å²) in [5.41, 5.74) is 6.43. The molecular weight excluding hydrogens is 327 g/mol. The fourth-order valence-electron chi connectivity index (χ4n) is 1.66. The number of nitrogens with two attached hydrogens (primary N) is 1. The maximum absolute atomic E-state index is 11.9. The molecule has 0 aliphatic heterocycles. The Balaban J connectivity index is 1.95. The first-order chi connectivity index (χ1) is 10.5. The highest BCUT2D eigenvalue weighted by atomic mass is 35.5. The largest absolute Gasteiger partial charge is 0.452 e. The Morgan fingerprint density at radius 2 is 1.86 bits per heavy atom. The molecule has 22 heavy (non-hydrogen) atoms. The van der Waals surface area contributed by atoms with Gasteiger partial charge in [0.05, 0.1) is 16.3 Å². The second-order valence-corrected chi connectivity index (χ2v) is 5.18. The van der Waals surface area contributed by atoms with Gasteiger partial charge in [0.1, 0.15) is 0 Å². The quantitative estimate of drug-likeness (QED) is 0.661. The zero-order valence-corrected chi connectivity index (χ0v) is 12.8. The molecule has 1 amide bonds. The maximum atomic E-state index is 11.9. The summed E-state index contributed by atoms with van der Waals surface area (Å²) in [6.07, 6.45) is 0. The van der Waals surface area contributed by atoms with Gasteiger partial charge in [0, 0.05) is 10.7 Å². The normalized spacial score (nSPS) is 10.1. The van der Waals surface area contributed by atoms with Crippen LogP contribution in [0.25, 0.3) is 0 Å². The standard InChI is InChI=1S/C15H12Cl2N2O3/c16-9-5-6-12(18)10(7-9)15(21)22-8-14(20)19-13-4-2-1-3-11(13)17/h1-7H,8,18H2,(H,19,20). The molecule has 3 N–H and O–H groups in total. The van der Waals surface area contributed by atoms with E-state index in [4.69, 9.17) is 33.7 Å². The van der Waals surface area contributed by atoms with Crippen molar-refractivity contribution < 1.29 is 14.3 Å². The molecule has 2 rings (SSSR count). The first-order valence-corrected chi connectivity index (χ1v) is 6.99. The van der Waals surface area contributed by atoms with Gasteiger partial charge in [-0.25, -0.2) is 4.79 Å². The molecule has 0 unspecified atom stereocenters. The number of anilines is 2. The molecule has 0 saturated carbocycles. The van der Waals surface area contributed by atoms with Crippen molar-refractivity contribution in [3.8, 4) is 0 Å². The topological polar surface area (TPSA) is 81.4 Å². The lowest BCUT2D eigenvalue weighted by molar-refractivity contribution is -0.119. The van der Waals surface area contributed by atoms with Crippen LogP contribution in [0, 0.1) is 0 Å². The van der Waals surface area contributed by atoms with Crippen molar-refractivity contribution in [2.45, 2.75) is 0 Å². The number of hydrogen-bond donors (Lipinski definition) is 2. The van der Waals surface area contributed by atoms with E-state index in [1.165, 1.54) is 12.1 Å². The molecule has 0 aliphatic rings. The number of hydrogen-bond acceptors (Lipinski definition) is 4. The highest BCUT2D eigenvalue weighted by Crippen LogP contribution is 2.21. The Bertz CT molecular complexity index is 720. The van der Waals surface area contributed by atoms with Crippen molar-refractivity contribution >= 4 is 46.5 Å². The summed E-state index contributed by atoms with van der Waals surface area (Å²) in [5.74, 6) is -1.24. The molecule has 0 atom stereocenters. The molecule has 0 saturated heterocycles. The van der Waals surface area contributed by atoms with E-state index >= 15 is 0 Å². The van der Waals surface area contributed by atoms with Crippen molar-refractivity contribution in [2.24, 2.45) is 0 Å². The number of carbonyl (C=O) groups is 2. The third kappa shape index (κ3) is 4.13. The highest BCUT2D eigenvalue weighted by molar-refractivity contribution is 6.33. The molecule has 7 heteroatoms. The number of halogens is 2. The van der Waals surface area contributed by atoms with Gasteiger partial charge in [-0.1, -0.05) is 35.3 Å². The Labute approximate surface area is 137 Å². The van der Waals surface area contributed by atoms with Gasteiger partial charge >= 0.3 is 5.97 Å². The van der Waals surface area contributed by atoms with Gasteiger partial charge in [-0.05, 0) is 30.3 Å². The van der Waals surface area contributed by atoms with Gasteiger partial charge in [-0.2, -0.15) is 0 Å². The van der Waals surface area contributed by atoms with Gasteiger partial charge in [0.2, 0.25) is 0 Å². The number of nitrogen functional groups attached to an aromatic ring is 1. The summed E-state index contributed by atoms with van der Waals surface area (Å²) in [7, 11) is 0. The van der Waals surface area contributed by atoms with E-state index in [0.717, 1.165) is 0 Å². The van der Waals surface area contributed by atoms with E-state index in [2.05, 4.69) is 5.32 Å². The molecule has 0 bridgehead atoms. The SMILES string of the molecule is Nc1ccc(Cl)cc1C(=O)OCC(=O)Nc1ccccc1Cl.